The number of nitrogens with one attached hydrogen (secondary N) is 1. The van der Waals surface area contributed by atoms with Gasteiger partial charge in [0.1, 0.15) is 11.8 Å². The fourth-order valence-corrected chi connectivity index (χ4v) is 3.01. The number of nitrogen functional groups attached to an aromatic ring is 1. The van der Waals surface area contributed by atoms with Gasteiger partial charge in [0, 0.05) is 12.6 Å². The van der Waals surface area contributed by atoms with E-state index in [-0.39, 0.29) is 6.10 Å². The maximum Gasteiger partial charge on any atom is 0.242 e. The van der Waals surface area contributed by atoms with Crippen LogP contribution in [-0.4, -0.2) is 29.2 Å². The van der Waals surface area contributed by atoms with E-state index in [1.54, 1.807) is 0 Å². The molecule has 2 aliphatic rings. The topological polar surface area (TPSA) is 82.3 Å². The predicted octanol–water partition coefficient (Wildman–Crippen LogP) is 2.66. The molecule has 6 nitrogen and oxygen atoms in total. The lowest BCUT2D eigenvalue weighted by Gasteiger charge is -2.18. The van der Waals surface area contributed by atoms with Crippen molar-refractivity contribution in [1.29, 1.82) is 0 Å². The molecule has 1 aromatic heterocycles. The van der Waals surface area contributed by atoms with Crippen LogP contribution in [0.15, 0.2) is 0 Å². The summed E-state index contributed by atoms with van der Waals surface area (Å²) in [4.78, 5) is 9.06. The minimum atomic E-state index is -0.0334. The summed E-state index contributed by atoms with van der Waals surface area (Å²) in [5, 5.41) is 3.46. The first-order valence-electron chi connectivity index (χ1n) is 7.96. The Morgan fingerprint density at radius 2 is 2.05 bits per heavy atom. The van der Waals surface area contributed by atoms with Crippen LogP contribution in [0.2, 0.25) is 0 Å². The SMILES string of the molecule is CCOc1nc(C2CCCO2)nc(NC2CCCC2)c1N. The molecule has 1 saturated heterocycles. The van der Waals surface area contributed by atoms with Gasteiger partial charge >= 0.3 is 0 Å². The molecule has 3 rings (SSSR count). The molecule has 1 aliphatic heterocycles. The number of rotatable bonds is 5. The smallest absolute Gasteiger partial charge is 0.242 e. The number of aromatic nitrogens is 2. The lowest BCUT2D eigenvalue weighted by molar-refractivity contribution is 0.104. The lowest BCUT2D eigenvalue weighted by Crippen LogP contribution is -2.19. The van der Waals surface area contributed by atoms with Gasteiger partial charge in [-0.15, -0.1) is 0 Å². The fourth-order valence-electron chi connectivity index (χ4n) is 3.01. The summed E-state index contributed by atoms with van der Waals surface area (Å²) in [5.74, 6) is 1.86. The highest BCUT2D eigenvalue weighted by Crippen LogP contribution is 2.34. The van der Waals surface area contributed by atoms with E-state index in [1.165, 1.54) is 25.7 Å². The van der Waals surface area contributed by atoms with Crippen molar-refractivity contribution >= 4 is 11.5 Å². The quantitative estimate of drug-likeness (QED) is 0.868. The van der Waals surface area contributed by atoms with E-state index in [2.05, 4.69) is 15.3 Å². The maximum absolute atomic E-state index is 6.16. The van der Waals surface area contributed by atoms with Crippen LogP contribution in [0, 0.1) is 0 Å². The van der Waals surface area contributed by atoms with Crippen molar-refractivity contribution in [2.75, 3.05) is 24.3 Å². The molecule has 0 aromatic carbocycles. The second-order valence-corrected chi connectivity index (χ2v) is 5.71. The molecule has 0 bridgehead atoms. The zero-order valence-corrected chi connectivity index (χ0v) is 12.6. The molecular formula is C15H24N4O2. The Morgan fingerprint density at radius 1 is 1.24 bits per heavy atom. The van der Waals surface area contributed by atoms with Gasteiger partial charge in [-0.05, 0) is 32.6 Å². The summed E-state index contributed by atoms with van der Waals surface area (Å²) in [6.45, 7) is 3.24. The summed E-state index contributed by atoms with van der Waals surface area (Å²) in [6.07, 6.45) is 6.84. The largest absolute Gasteiger partial charge is 0.476 e. The van der Waals surface area contributed by atoms with Crippen LogP contribution < -0.4 is 15.8 Å². The number of ether oxygens (including phenoxy) is 2. The first-order valence-corrected chi connectivity index (χ1v) is 7.96. The highest BCUT2D eigenvalue weighted by molar-refractivity contribution is 5.67. The molecule has 116 valence electrons. The van der Waals surface area contributed by atoms with E-state index >= 15 is 0 Å². The summed E-state index contributed by atoms with van der Waals surface area (Å²) in [5.41, 5.74) is 6.67. The first-order chi connectivity index (χ1) is 10.3. The van der Waals surface area contributed by atoms with Gasteiger partial charge in [0.05, 0.1) is 6.61 Å². The molecule has 1 aromatic rings. The van der Waals surface area contributed by atoms with Crippen molar-refractivity contribution in [3.63, 3.8) is 0 Å². The molecule has 1 atom stereocenters. The Kier molecular flexibility index (Phi) is 4.43. The third kappa shape index (κ3) is 3.20. The van der Waals surface area contributed by atoms with E-state index in [0.717, 1.165) is 19.4 Å². The van der Waals surface area contributed by atoms with Crippen LogP contribution in [0.5, 0.6) is 5.88 Å². The minimum Gasteiger partial charge on any atom is -0.476 e. The molecule has 1 aliphatic carbocycles. The van der Waals surface area contributed by atoms with Crippen LogP contribution in [0.3, 0.4) is 0 Å². The van der Waals surface area contributed by atoms with Gasteiger partial charge in [0.25, 0.3) is 0 Å². The van der Waals surface area contributed by atoms with Gasteiger partial charge in [-0.2, -0.15) is 4.98 Å². The van der Waals surface area contributed by atoms with Gasteiger partial charge in [-0.3, -0.25) is 0 Å². The van der Waals surface area contributed by atoms with Gasteiger partial charge in [0.2, 0.25) is 5.88 Å². The number of hydrogen-bond acceptors (Lipinski definition) is 6. The van der Waals surface area contributed by atoms with E-state index in [1.807, 2.05) is 6.92 Å². The van der Waals surface area contributed by atoms with Crippen LogP contribution in [-0.2, 0) is 4.74 Å². The second-order valence-electron chi connectivity index (χ2n) is 5.71. The first kappa shape index (κ1) is 14.4. The molecule has 6 heteroatoms. The Morgan fingerprint density at radius 3 is 2.71 bits per heavy atom. The number of hydrogen-bond donors (Lipinski definition) is 2. The van der Waals surface area contributed by atoms with Crippen molar-refractivity contribution in [3.05, 3.63) is 5.82 Å². The molecule has 1 saturated carbocycles. The number of nitrogens with two attached hydrogens (primary N) is 1. The van der Waals surface area contributed by atoms with Crippen molar-refractivity contribution < 1.29 is 9.47 Å². The van der Waals surface area contributed by atoms with Gasteiger partial charge in [0.15, 0.2) is 11.6 Å². The Balaban J connectivity index is 1.87. The highest BCUT2D eigenvalue weighted by Gasteiger charge is 2.25. The van der Waals surface area contributed by atoms with Crippen molar-refractivity contribution in [2.24, 2.45) is 0 Å². The van der Waals surface area contributed by atoms with Gasteiger partial charge < -0.3 is 20.5 Å². The molecular weight excluding hydrogens is 268 g/mol. The van der Waals surface area contributed by atoms with Gasteiger partial charge in [-0.25, -0.2) is 4.98 Å². The van der Waals surface area contributed by atoms with Crippen molar-refractivity contribution in [3.8, 4) is 5.88 Å². The minimum absolute atomic E-state index is 0.0334. The molecule has 3 N–H and O–H groups in total. The second kappa shape index (κ2) is 6.47. The average Bonchev–Trinajstić information content (AvgIpc) is 3.16. The van der Waals surface area contributed by atoms with Crippen LogP contribution in [0.25, 0.3) is 0 Å². The van der Waals surface area contributed by atoms with Crippen LogP contribution >= 0.6 is 0 Å². The highest BCUT2D eigenvalue weighted by atomic mass is 16.5. The summed E-state index contributed by atoms with van der Waals surface area (Å²) in [6, 6.07) is 0.453. The summed E-state index contributed by atoms with van der Waals surface area (Å²) >= 11 is 0. The van der Waals surface area contributed by atoms with E-state index in [9.17, 15) is 0 Å². The molecule has 2 fully saturated rings. The molecule has 0 spiro atoms. The Labute approximate surface area is 125 Å². The number of nitrogens with zero attached hydrogens (tertiary/aromatic N) is 2. The monoisotopic (exact) mass is 292 g/mol. The standard InChI is InChI=1S/C15H24N4O2/c1-2-20-15-12(16)14(17-10-6-3-4-7-10)18-13(19-15)11-8-5-9-21-11/h10-11H,2-9,16H2,1H3,(H,17,18,19). The average molecular weight is 292 g/mol. The van der Waals surface area contributed by atoms with E-state index in [0.29, 0.717) is 35.9 Å². The normalized spacial score (nSPS) is 22.6. The van der Waals surface area contributed by atoms with Gasteiger partial charge in [-0.1, -0.05) is 12.8 Å². The third-order valence-electron chi connectivity index (χ3n) is 4.12. The Bertz CT molecular complexity index is 483. The summed E-state index contributed by atoms with van der Waals surface area (Å²) in [7, 11) is 0. The van der Waals surface area contributed by atoms with Crippen molar-refractivity contribution in [1.82, 2.24) is 9.97 Å². The number of anilines is 2. The van der Waals surface area contributed by atoms with E-state index in [4.69, 9.17) is 15.2 Å². The fraction of sp³-hybridized carbons (Fsp3) is 0.733. The summed E-state index contributed by atoms with van der Waals surface area (Å²) < 4.78 is 11.3. The zero-order chi connectivity index (χ0) is 14.7. The van der Waals surface area contributed by atoms with Crippen LogP contribution in [0.4, 0.5) is 11.5 Å². The van der Waals surface area contributed by atoms with E-state index < -0.39 is 0 Å². The molecule has 1 unspecified atom stereocenters. The molecule has 0 radical (unpaired) electrons. The lowest BCUT2D eigenvalue weighted by atomic mass is 10.2. The zero-order valence-electron chi connectivity index (χ0n) is 12.6. The maximum atomic E-state index is 6.16. The van der Waals surface area contributed by atoms with Crippen LogP contribution in [0.1, 0.15) is 57.4 Å². The molecule has 2 heterocycles. The molecule has 21 heavy (non-hydrogen) atoms. The molecule has 0 amide bonds. The predicted molar refractivity (Wildman–Crippen MR) is 81.4 cm³/mol. The Hall–Kier alpha value is -1.56. The van der Waals surface area contributed by atoms with Crippen molar-refractivity contribution in [2.45, 2.75) is 57.6 Å². The third-order valence-corrected chi connectivity index (χ3v) is 4.12.